The summed E-state index contributed by atoms with van der Waals surface area (Å²) in [5.41, 5.74) is 1.27. The number of amides is 1. The van der Waals surface area contributed by atoms with Crippen molar-refractivity contribution in [1.29, 1.82) is 0 Å². The minimum atomic E-state index is -0.935. The summed E-state index contributed by atoms with van der Waals surface area (Å²) in [6, 6.07) is 5.70. The first-order chi connectivity index (χ1) is 13.0. The molecule has 1 N–H and O–H groups in total. The van der Waals surface area contributed by atoms with Crippen molar-refractivity contribution in [2.24, 2.45) is 0 Å². The summed E-state index contributed by atoms with van der Waals surface area (Å²) in [7, 11) is 0. The molecule has 1 aromatic carbocycles. The van der Waals surface area contributed by atoms with Gasteiger partial charge in [0.15, 0.2) is 6.10 Å². The van der Waals surface area contributed by atoms with E-state index in [2.05, 4.69) is 10.4 Å². The van der Waals surface area contributed by atoms with Crippen LogP contribution in [0.3, 0.4) is 0 Å². The topological polar surface area (TPSA) is 73.2 Å². The lowest BCUT2D eigenvalue weighted by Crippen LogP contribution is -2.46. The van der Waals surface area contributed by atoms with E-state index in [4.69, 9.17) is 16.3 Å². The minimum Gasteiger partial charge on any atom is -0.449 e. The van der Waals surface area contributed by atoms with Gasteiger partial charge in [-0.25, -0.2) is 13.9 Å². The van der Waals surface area contributed by atoms with E-state index >= 15 is 0 Å². The monoisotopic (exact) mass is 407 g/mol. The third-order valence-electron chi connectivity index (χ3n) is 3.67. The Bertz CT molecular complexity index is 899. The molecule has 28 heavy (non-hydrogen) atoms. The lowest BCUT2D eigenvalue weighted by atomic mass is 10.1. The fourth-order valence-corrected chi connectivity index (χ4v) is 2.68. The highest BCUT2D eigenvalue weighted by molar-refractivity contribution is 6.31. The number of nitrogens with one attached hydrogen (secondary N) is 1. The molecule has 2 aromatic rings. The number of carbonyl (C=O) groups is 2. The number of ether oxygens (including phenoxy) is 1. The van der Waals surface area contributed by atoms with Crippen molar-refractivity contribution >= 4 is 29.6 Å². The van der Waals surface area contributed by atoms with Gasteiger partial charge in [0.1, 0.15) is 11.0 Å². The van der Waals surface area contributed by atoms with Crippen LogP contribution in [-0.2, 0) is 14.3 Å². The van der Waals surface area contributed by atoms with Crippen molar-refractivity contribution in [1.82, 2.24) is 15.1 Å². The summed E-state index contributed by atoms with van der Waals surface area (Å²) in [5, 5.41) is 7.32. The molecule has 0 saturated carbocycles. The van der Waals surface area contributed by atoms with Gasteiger partial charge in [0.25, 0.3) is 5.91 Å². The summed E-state index contributed by atoms with van der Waals surface area (Å²) in [6.45, 7) is 8.74. The molecule has 0 radical (unpaired) electrons. The molecular formula is C20H23ClFN3O3. The Morgan fingerprint density at radius 3 is 2.46 bits per heavy atom. The first-order valence-corrected chi connectivity index (χ1v) is 9.07. The highest BCUT2D eigenvalue weighted by Gasteiger charge is 2.21. The van der Waals surface area contributed by atoms with Crippen LogP contribution in [0.25, 0.3) is 11.8 Å². The van der Waals surface area contributed by atoms with Gasteiger partial charge in [-0.2, -0.15) is 5.10 Å². The molecular weight excluding hydrogens is 385 g/mol. The zero-order chi connectivity index (χ0) is 21.1. The molecule has 1 amide bonds. The minimum absolute atomic E-state index is 0.270. The van der Waals surface area contributed by atoms with Crippen molar-refractivity contribution in [3.63, 3.8) is 0 Å². The third-order valence-corrected chi connectivity index (χ3v) is 4.03. The van der Waals surface area contributed by atoms with Gasteiger partial charge in [-0.15, -0.1) is 0 Å². The fraction of sp³-hybridized carbons (Fsp3) is 0.350. The number of hydrogen-bond donors (Lipinski definition) is 1. The zero-order valence-corrected chi connectivity index (χ0v) is 17.2. The standard InChI is InChI=1S/C20H23ClFN3O3/c1-12-16(18(21)25(24-12)15-8-6-14(22)7-9-15)10-11-17(26)28-13(2)19(27)23-20(3,4)5/h6-11,13H,1-5H3,(H,23,27)/b11-10+/t13-/m0/s1. The Labute approximate surface area is 168 Å². The molecule has 8 heteroatoms. The summed E-state index contributed by atoms with van der Waals surface area (Å²) >= 11 is 6.36. The predicted molar refractivity (Wildman–Crippen MR) is 106 cm³/mol. The number of aryl methyl sites for hydroxylation is 1. The third kappa shape index (κ3) is 5.66. The second-order valence-corrected chi connectivity index (χ2v) is 7.69. The largest absolute Gasteiger partial charge is 0.449 e. The molecule has 0 unspecified atom stereocenters. The Hall–Kier alpha value is -2.67. The molecule has 1 heterocycles. The summed E-state index contributed by atoms with van der Waals surface area (Å²) in [6.07, 6.45) is 1.72. The molecule has 0 aliphatic rings. The maximum atomic E-state index is 13.1. The number of rotatable bonds is 5. The van der Waals surface area contributed by atoms with Crippen LogP contribution in [0.5, 0.6) is 0 Å². The molecule has 1 atom stereocenters. The molecule has 0 fully saturated rings. The van der Waals surface area contributed by atoms with Crippen molar-refractivity contribution < 1.29 is 18.7 Å². The Morgan fingerprint density at radius 1 is 1.29 bits per heavy atom. The lowest BCUT2D eigenvalue weighted by molar-refractivity contribution is -0.150. The van der Waals surface area contributed by atoms with Crippen molar-refractivity contribution in [2.75, 3.05) is 0 Å². The van der Waals surface area contributed by atoms with Gasteiger partial charge in [-0.1, -0.05) is 11.6 Å². The number of esters is 1. The summed E-state index contributed by atoms with van der Waals surface area (Å²) in [4.78, 5) is 24.0. The summed E-state index contributed by atoms with van der Waals surface area (Å²) < 4.78 is 19.7. The number of hydrogen-bond acceptors (Lipinski definition) is 4. The van der Waals surface area contributed by atoms with E-state index < -0.39 is 17.6 Å². The van der Waals surface area contributed by atoms with Gasteiger partial charge in [0.05, 0.1) is 11.4 Å². The van der Waals surface area contributed by atoms with Gasteiger partial charge in [-0.05, 0) is 65.0 Å². The second-order valence-electron chi connectivity index (χ2n) is 7.33. The van der Waals surface area contributed by atoms with Crippen LogP contribution in [0.15, 0.2) is 30.3 Å². The molecule has 0 bridgehead atoms. The SMILES string of the molecule is Cc1nn(-c2ccc(F)cc2)c(Cl)c1/C=C/C(=O)O[C@@H](C)C(=O)NC(C)(C)C. The van der Waals surface area contributed by atoms with Crippen LogP contribution in [0, 0.1) is 12.7 Å². The highest BCUT2D eigenvalue weighted by atomic mass is 35.5. The van der Waals surface area contributed by atoms with E-state index in [0.717, 1.165) is 0 Å². The normalized spacial score (nSPS) is 12.8. The van der Waals surface area contributed by atoms with Gasteiger partial charge >= 0.3 is 5.97 Å². The van der Waals surface area contributed by atoms with Crippen LogP contribution in [0.4, 0.5) is 4.39 Å². The van der Waals surface area contributed by atoms with Crippen molar-refractivity contribution in [3.8, 4) is 5.69 Å². The molecule has 1 aromatic heterocycles. The number of aromatic nitrogens is 2. The first-order valence-electron chi connectivity index (χ1n) is 8.69. The van der Waals surface area contributed by atoms with E-state index in [1.165, 1.54) is 35.9 Å². The molecule has 0 aliphatic heterocycles. The average Bonchev–Trinajstić information content (AvgIpc) is 2.86. The second kappa shape index (κ2) is 8.56. The smallest absolute Gasteiger partial charge is 0.331 e. The van der Waals surface area contributed by atoms with Gasteiger partial charge in [0.2, 0.25) is 0 Å². The molecule has 0 spiro atoms. The van der Waals surface area contributed by atoms with Gasteiger partial charge in [-0.3, -0.25) is 4.79 Å². The molecule has 6 nitrogen and oxygen atoms in total. The van der Waals surface area contributed by atoms with Gasteiger partial charge < -0.3 is 10.1 Å². The molecule has 2 rings (SSSR count). The van der Waals surface area contributed by atoms with Crippen LogP contribution in [-0.4, -0.2) is 33.3 Å². The maximum Gasteiger partial charge on any atom is 0.331 e. The van der Waals surface area contributed by atoms with Gasteiger partial charge in [0, 0.05) is 17.2 Å². The lowest BCUT2D eigenvalue weighted by Gasteiger charge is -2.22. The zero-order valence-electron chi connectivity index (χ0n) is 16.4. The number of carbonyl (C=O) groups excluding carboxylic acids is 2. The fourth-order valence-electron chi connectivity index (χ4n) is 2.34. The van der Waals surface area contributed by atoms with Crippen molar-refractivity contribution in [2.45, 2.75) is 46.3 Å². The maximum absolute atomic E-state index is 13.1. The van der Waals surface area contributed by atoms with Crippen LogP contribution >= 0.6 is 11.6 Å². The summed E-state index contributed by atoms with van der Waals surface area (Å²) in [5.74, 6) is -1.43. The number of halogens is 2. The Kier molecular flexibility index (Phi) is 6.61. The van der Waals surface area contributed by atoms with E-state index in [1.807, 2.05) is 20.8 Å². The van der Waals surface area contributed by atoms with E-state index in [-0.39, 0.29) is 16.9 Å². The van der Waals surface area contributed by atoms with E-state index in [1.54, 1.807) is 19.1 Å². The number of nitrogens with zero attached hydrogens (tertiary/aromatic N) is 2. The molecule has 0 saturated heterocycles. The van der Waals surface area contributed by atoms with E-state index in [0.29, 0.717) is 16.9 Å². The quantitative estimate of drug-likeness (QED) is 0.603. The average molecular weight is 408 g/mol. The highest BCUT2D eigenvalue weighted by Crippen LogP contribution is 2.25. The van der Waals surface area contributed by atoms with E-state index in [9.17, 15) is 14.0 Å². The Morgan fingerprint density at radius 2 is 1.89 bits per heavy atom. The van der Waals surface area contributed by atoms with Crippen LogP contribution in [0.2, 0.25) is 5.15 Å². The van der Waals surface area contributed by atoms with Crippen molar-refractivity contribution in [3.05, 3.63) is 52.6 Å². The van der Waals surface area contributed by atoms with Crippen LogP contribution < -0.4 is 5.32 Å². The number of benzene rings is 1. The van der Waals surface area contributed by atoms with Crippen LogP contribution in [0.1, 0.15) is 39.0 Å². The molecule has 0 aliphatic carbocycles. The Balaban J connectivity index is 2.10. The first kappa shape index (κ1) is 21.6. The molecule has 150 valence electrons. The predicted octanol–water partition coefficient (Wildman–Crippen LogP) is 3.83.